The predicted molar refractivity (Wildman–Crippen MR) is 93.0 cm³/mol. The third-order valence-corrected chi connectivity index (χ3v) is 5.70. The Balaban J connectivity index is 1.61. The van der Waals surface area contributed by atoms with E-state index < -0.39 is 38.5 Å². The summed E-state index contributed by atoms with van der Waals surface area (Å²) < 4.78 is 72.3. The van der Waals surface area contributed by atoms with Crippen molar-refractivity contribution in [1.82, 2.24) is 9.62 Å². The summed E-state index contributed by atoms with van der Waals surface area (Å²) in [5.74, 6) is -5.00. The highest BCUT2D eigenvalue weighted by molar-refractivity contribution is 7.89. The fraction of sp³-hybridized carbons (Fsp3) is 0.333. The van der Waals surface area contributed by atoms with E-state index in [1.807, 2.05) is 30.3 Å². The molecular formula is C18H19F3N2O3S. The highest BCUT2D eigenvalue weighted by Crippen LogP contribution is 2.19. The molecule has 146 valence electrons. The molecule has 0 spiro atoms. The van der Waals surface area contributed by atoms with Crippen LogP contribution in [0.3, 0.4) is 0 Å². The molecule has 0 aromatic heterocycles. The van der Waals surface area contributed by atoms with Crippen molar-refractivity contribution in [3.05, 3.63) is 65.5 Å². The van der Waals surface area contributed by atoms with Gasteiger partial charge < -0.3 is 4.74 Å². The number of halogens is 3. The first-order valence-electron chi connectivity index (χ1n) is 8.38. The smallest absolute Gasteiger partial charge is 0.243 e. The standard InChI is InChI=1S/C18H19F3N2O3S/c19-15-6-7-16(18(21)17(15)20)27(24,25)22-10-14-12-23(8-9-26-14)11-13-4-2-1-3-5-13/h1-7,14,22H,8-12H2. The molecule has 0 saturated carbocycles. The van der Waals surface area contributed by atoms with Crippen LogP contribution in [0.4, 0.5) is 13.2 Å². The zero-order valence-corrected chi connectivity index (χ0v) is 15.2. The normalized spacial score (nSPS) is 18.6. The first-order chi connectivity index (χ1) is 12.9. The van der Waals surface area contributed by atoms with E-state index >= 15 is 0 Å². The van der Waals surface area contributed by atoms with Crippen LogP contribution < -0.4 is 4.72 Å². The third-order valence-electron chi connectivity index (χ3n) is 4.26. The van der Waals surface area contributed by atoms with Crippen molar-refractivity contribution in [3.63, 3.8) is 0 Å². The van der Waals surface area contributed by atoms with Crippen molar-refractivity contribution in [3.8, 4) is 0 Å². The molecule has 1 saturated heterocycles. The first kappa shape index (κ1) is 19.8. The van der Waals surface area contributed by atoms with E-state index in [2.05, 4.69) is 9.62 Å². The highest BCUT2D eigenvalue weighted by atomic mass is 32.2. The van der Waals surface area contributed by atoms with Crippen LogP contribution in [-0.2, 0) is 21.3 Å². The van der Waals surface area contributed by atoms with Crippen LogP contribution in [0.2, 0.25) is 0 Å². The van der Waals surface area contributed by atoms with Gasteiger partial charge in [0.25, 0.3) is 0 Å². The van der Waals surface area contributed by atoms with E-state index in [9.17, 15) is 21.6 Å². The van der Waals surface area contributed by atoms with Crippen LogP contribution in [0.15, 0.2) is 47.4 Å². The topological polar surface area (TPSA) is 58.6 Å². The molecule has 1 heterocycles. The summed E-state index contributed by atoms with van der Waals surface area (Å²) in [6.07, 6.45) is -0.439. The van der Waals surface area contributed by atoms with Gasteiger partial charge in [-0.1, -0.05) is 30.3 Å². The lowest BCUT2D eigenvalue weighted by Gasteiger charge is -2.33. The van der Waals surface area contributed by atoms with Crippen molar-refractivity contribution < 1.29 is 26.3 Å². The molecule has 27 heavy (non-hydrogen) atoms. The van der Waals surface area contributed by atoms with Crippen LogP contribution in [0.25, 0.3) is 0 Å². The number of morpholine rings is 1. The molecule has 5 nitrogen and oxygen atoms in total. The Labute approximate surface area is 155 Å². The molecular weight excluding hydrogens is 381 g/mol. The van der Waals surface area contributed by atoms with Crippen LogP contribution in [0, 0.1) is 17.5 Å². The van der Waals surface area contributed by atoms with E-state index in [0.29, 0.717) is 38.4 Å². The molecule has 3 rings (SSSR count). The summed E-state index contributed by atoms with van der Waals surface area (Å²) in [6.45, 7) is 2.21. The summed E-state index contributed by atoms with van der Waals surface area (Å²) in [5, 5.41) is 0. The average Bonchev–Trinajstić information content (AvgIpc) is 2.66. The number of ether oxygens (including phenoxy) is 1. The largest absolute Gasteiger partial charge is 0.374 e. The molecule has 1 N–H and O–H groups in total. The molecule has 1 unspecified atom stereocenters. The number of sulfonamides is 1. The summed E-state index contributed by atoms with van der Waals surface area (Å²) in [5.41, 5.74) is 1.13. The van der Waals surface area contributed by atoms with Gasteiger partial charge in [0.05, 0.1) is 12.7 Å². The summed E-state index contributed by atoms with van der Waals surface area (Å²) >= 11 is 0. The SMILES string of the molecule is O=S(=O)(NCC1CN(Cc2ccccc2)CCO1)c1ccc(F)c(F)c1F. The lowest BCUT2D eigenvalue weighted by Crippen LogP contribution is -2.47. The van der Waals surface area contributed by atoms with Crippen molar-refractivity contribution in [2.75, 3.05) is 26.2 Å². The van der Waals surface area contributed by atoms with Crippen molar-refractivity contribution in [2.24, 2.45) is 0 Å². The Morgan fingerprint density at radius 1 is 1.07 bits per heavy atom. The number of hydrogen-bond acceptors (Lipinski definition) is 4. The molecule has 0 radical (unpaired) electrons. The number of benzene rings is 2. The second-order valence-electron chi connectivity index (χ2n) is 6.24. The molecule has 0 aliphatic carbocycles. The van der Waals surface area contributed by atoms with E-state index in [1.165, 1.54) is 0 Å². The van der Waals surface area contributed by atoms with Gasteiger partial charge in [0.1, 0.15) is 4.90 Å². The van der Waals surface area contributed by atoms with Crippen LogP contribution in [-0.4, -0.2) is 45.7 Å². The van der Waals surface area contributed by atoms with Gasteiger partial charge in [-0.05, 0) is 17.7 Å². The van der Waals surface area contributed by atoms with Crippen LogP contribution >= 0.6 is 0 Å². The summed E-state index contributed by atoms with van der Waals surface area (Å²) in [7, 11) is -4.34. The molecule has 2 aromatic rings. The zero-order valence-electron chi connectivity index (χ0n) is 14.4. The maximum Gasteiger partial charge on any atom is 0.243 e. The Bertz CT molecular complexity index is 894. The van der Waals surface area contributed by atoms with Gasteiger partial charge in [0, 0.05) is 26.2 Å². The Morgan fingerprint density at radius 3 is 2.56 bits per heavy atom. The van der Waals surface area contributed by atoms with Crippen LogP contribution in [0.1, 0.15) is 5.56 Å². The zero-order chi connectivity index (χ0) is 19.4. The van der Waals surface area contributed by atoms with Gasteiger partial charge in [0.15, 0.2) is 17.5 Å². The van der Waals surface area contributed by atoms with Gasteiger partial charge >= 0.3 is 0 Å². The monoisotopic (exact) mass is 400 g/mol. The van der Waals surface area contributed by atoms with Gasteiger partial charge in [-0.25, -0.2) is 26.3 Å². The van der Waals surface area contributed by atoms with Crippen molar-refractivity contribution in [2.45, 2.75) is 17.5 Å². The predicted octanol–water partition coefficient (Wildman–Crippen LogP) is 2.28. The molecule has 2 aromatic carbocycles. The van der Waals surface area contributed by atoms with Crippen molar-refractivity contribution in [1.29, 1.82) is 0 Å². The van der Waals surface area contributed by atoms with E-state index in [4.69, 9.17) is 4.74 Å². The average molecular weight is 400 g/mol. The molecule has 9 heteroatoms. The third kappa shape index (κ3) is 4.86. The van der Waals surface area contributed by atoms with E-state index in [0.717, 1.165) is 5.56 Å². The van der Waals surface area contributed by atoms with Gasteiger partial charge in [-0.2, -0.15) is 0 Å². The fourth-order valence-corrected chi connectivity index (χ4v) is 4.02. The van der Waals surface area contributed by atoms with Gasteiger partial charge in [-0.15, -0.1) is 0 Å². The number of rotatable bonds is 6. The van der Waals surface area contributed by atoms with Crippen molar-refractivity contribution >= 4 is 10.0 Å². The summed E-state index contributed by atoms with van der Waals surface area (Å²) in [6, 6.07) is 11.1. The molecule has 1 fully saturated rings. The maximum atomic E-state index is 13.8. The minimum absolute atomic E-state index is 0.105. The van der Waals surface area contributed by atoms with Crippen LogP contribution in [0.5, 0.6) is 0 Å². The minimum atomic E-state index is -4.34. The lowest BCUT2D eigenvalue weighted by atomic mass is 10.2. The molecule has 0 amide bonds. The number of nitrogens with one attached hydrogen (secondary N) is 1. The molecule has 1 aliphatic rings. The number of nitrogens with zero attached hydrogens (tertiary/aromatic N) is 1. The molecule has 1 aliphatic heterocycles. The van der Waals surface area contributed by atoms with E-state index in [1.54, 1.807) is 0 Å². The lowest BCUT2D eigenvalue weighted by molar-refractivity contribution is -0.0276. The maximum absolute atomic E-state index is 13.8. The number of hydrogen-bond donors (Lipinski definition) is 1. The first-order valence-corrected chi connectivity index (χ1v) is 9.86. The fourth-order valence-electron chi connectivity index (χ4n) is 2.89. The summed E-state index contributed by atoms with van der Waals surface area (Å²) in [4.78, 5) is 1.19. The molecule has 0 bridgehead atoms. The Morgan fingerprint density at radius 2 is 1.81 bits per heavy atom. The van der Waals surface area contributed by atoms with Gasteiger partial charge in [-0.3, -0.25) is 4.90 Å². The quantitative estimate of drug-likeness (QED) is 0.756. The highest BCUT2D eigenvalue weighted by Gasteiger charge is 2.27. The second kappa shape index (κ2) is 8.39. The van der Waals surface area contributed by atoms with E-state index in [-0.39, 0.29) is 6.54 Å². The minimum Gasteiger partial charge on any atom is -0.374 e. The van der Waals surface area contributed by atoms with Gasteiger partial charge in [0.2, 0.25) is 10.0 Å². The molecule has 1 atom stereocenters. The Kier molecular flexibility index (Phi) is 6.15. The Hall–Kier alpha value is -1.94. The second-order valence-corrected chi connectivity index (χ2v) is 7.97.